The molecule has 0 bridgehead atoms. The van der Waals surface area contributed by atoms with Gasteiger partial charge in [-0.2, -0.15) is 5.10 Å². The molecule has 0 saturated heterocycles. The number of nitrogens with zero attached hydrogens (tertiary/aromatic N) is 3. The second-order valence-corrected chi connectivity index (χ2v) is 4.99. The predicted octanol–water partition coefficient (Wildman–Crippen LogP) is 1.83. The maximum Gasteiger partial charge on any atom is 0.130 e. The van der Waals surface area contributed by atoms with Crippen molar-refractivity contribution >= 4 is 11.6 Å². The number of nitrogens with two attached hydrogens (primary N) is 1. The van der Waals surface area contributed by atoms with Crippen molar-refractivity contribution in [2.75, 3.05) is 0 Å². The van der Waals surface area contributed by atoms with E-state index in [1.54, 1.807) is 10.9 Å². The fourth-order valence-corrected chi connectivity index (χ4v) is 2.42. The summed E-state index contributed by atoms with van der Waals surface area (Å²) in [6.45, 7) is 3.91. The van der Waals surface area contributed by atoms with Crippen molar-refractivity contribution in [1.82, 2.24) is 20.2 Å². The van der Waals surface area contributed by atoms with Crippen LogP contribution < -0.4 is 11.3 Å². The number of aromatic nitrogens is 3. The average molecular weight is 280 g/mol. The molecular formula is C13H18ClN5. The van der Waals surface area contributed by atoms with Crippen LogP contribution in [0, 0.1) is 13.8 Å². The Bertz CT molecular complexity index is 578. The average Bonchev–Trinajstić information content (AvgIpc) is 2.61. The molecule has 19 heavy (non-hydrogen) atoms. The first-order valence-electron chi connectivity index (χ1n) is 6.09. The third-order valence-corrected chi connectivity index (χ3v) is 3.68. The van der Waals surface area contributed by atoms with E-state index >= 15 is 0 Å². The van der Waals surface area contributed by atoms with E-state index in [1.807, 2.05) is 33.0 Å². The first-order valence-corrected chi connectivity index (χ1v) is 6.47. The molecule has 0 aliphatic carbocycles. The Hall–Kier alpha value is -1.43. The van der Waals surface area contributed by atoms with Crippen LogP contribution in [0.25, 0.3) is 0 Å². The Labute approximate surface area is 117 Å². The molecule has 0 fully saturated rings. The minimum Gasteiger partial charge on any atom is -0.271 e. The number of nitrogens with one attached hydrogen (secondary N) is 1. The highest BCUT2D eigenvalue weighted by Crippen LogP contribution is 2.25. The lowest BCUT2D eigenvalue weighted by atomic mass is 10.0. The standard InChI is InChI=1S/C13H18ClN5/c1-8-6-10(4-5-16-8)12(17-15)7-11-9(2)18-19(3)13(11)14/h4-6,12,17H,7,15H2,1-3H3. The summed E-state index contributed by atoms with van der Waals surface area (Å²) in [6, 6.07) is 3.96. The molecule has 0 amide bonds. The van der Waals surface area contributed by atoms with Gasteiger partial charge in [-0.15, -0.1) is 0 Å². The molecular weight excluding hydrogens is 262 g/mol. The summed E-state index contributed by atoms with van der Waals surface area (Å²) in [5.41, 5.74) is 6.84. The number of hydrazine groups is 1. The maximum absolute atomic E-state index is 6.25. The van der Waals surface area contributed by atoms with Gasteiger partial charge < -0.3 is 0 Å². The van der Waals surface area contributed by atoms with Gasteiger partial charge in [0.15, 0.2) is 0 Å². The van der Waals surface area contributed by atoms with Crippen LogP contribution >= 0.6 is 11.6 Å². The molecule has 0 aliphatic rings. The summed E-state index contributed by atoms with van der Waals surface area (Å²) in [6.07, 6.45) is 2.48. The number of aryl methyl sites for hydroxylation is 3. The zero-order chi connectivity index (χ0) is 14.0. The third kappa shape index (κ3) is 2.94. The molecule has 0 aromatic carbocycles. The highest BCUT2D eigenvalue weighted by molar-refractivity contribution is 6.30. The van der Waals surface area contributed by atoms with E-state index in [0.29, 0.717) is 11.6 Å². The van der Waals surface area contributed by atoms with E-state index in [9.17, 15) is 0 Å². The van der Waals surface area contributed by atoms with Gasteiger partial charge >= 0.3 is 0 Å². The largest absolute Gasteiger partial charge is 0.271 e. The van der Waals surface area contributed by atoms with Gasteiger partial charge in [0, 0.05) is 24.5 Å². The van der Waals surface area contributed by atoms with Gasteiger partial charge in [-0.1, -0.05) is 11.6 Å². The molecule has 0 saturated carbocycles. The van der Waals surface area contributed by atoms with Gasteiger partial charge in [-0.05, 0) is 38.0 Å². The monoisotopic (exact) mass is 279 g/mol. The molecule has 2 rings (SSSR count). The SMILES string of the molecule is Cc1cc(C(Cc2c(C)nn(C)c2Cl)NN)ccn1. The summed E-state index contributed by atoms with van der Waals surface area (Å²) >= 11 is 6.25. The van der Waals surface area contributed by atoms with Crippen molar-refractivity contribution in [3.8, 4) is 0 Å². The lowest BCUT2D eigenvalue weighted by Crippen LogP contribution is -2.29. The Balaban J connectivity index is 2.29. The summed E-state index contributed by atoms with van der Waals surface area (Å²) in [5, 5.41) is 4.97. The number of rotatable bonds is 4. The van der Waals surface area contributed by atoms with Gasteiger partial charge in [0.1, 0.15) is 5.15 Å². The van der Waals surface area contributed by atoms with Crippen molar-refractivity contribution in [1.29, 1.82) is 0 Å². The van der Waals surface area contributed by atoms with Gasteiger partial charge in [-0.3, -0.25) is 20.9 Å². The number of hydrogen-bond acceptors (Lipinski definition) is 4. The quantitative estimate of drug-likeness (QED) is 0.662. The van der Waals surface area contributed by atoms with Crippen LogP contribution in [-0.2, 0) is 13.5 Å². The molecule has 6 heteroatoms. The van der Waals surface area contributed by atoms with E-state index < -0.39 is 0 Å². The van der Waals surface area contributed by atoms with Gasteiger partial charge in [-0.25, -0.2) is 0 Å². The molecule has 0 aliphatic heterocycles. The Kier molecular flexibility index (Phi) is 4.19. The van der Waals surface area contributed by atoms with Crippen LogP contribution in [0.15, 0.2) is 18.3 Å². The minimum absolute atomic E-state index is 0.0119. The first-order chi connectivity index (χ1) is 9.02. The molecule has 1 unspecified atom stereocenters. The zero-order valence-electron chi connectivity index (χ0n) is 11.3. The molecule has 2 aromatic heterocycles. The smallest absolute Gasteiger partial charge is 0.130 e. The Morgan fingerprint density at radius 3 is 2.74 bits per heavy atom. The van der Waals surface area contributed by atoms with E-state index in [1.165, 1.54) is 0 Å². The zero-order valence-corrected chi connectivity index (χ0v) is 12.1. The molecule has 1 atom stereocenters. The highest BCUT2D eigenvalue weighted by Gasteiger charge is 2.18. The fraction of sp³-hybridized carbons (Fsp3) is 0.385. The topological polar surface area (TPSA) is 68.8 Å². The van der Waals surface area contributed by atoms with Crippen molar-refractivity contribution in [3.05, 3.63) is 46.0 Å². The van der Waals surface area contributed by atoms with Crippen LogP contribution in [0.2, 0.25) is 5.15 Å². The van der Waals surface area contributed by atoms with Crippen LogP contribution in [0.1, 0.15) is 28.6 Å². The molecule has 2 aromatic rings. The van der Waals surface area contributed by atoms with E-state index in [-0.39, 0.29) is 6.04 Å². The second kappa shape index (κ2) is 5.69. The lowest BCUT2D eigenvalue weighted by molar-refractivity contribution is 0.550. The first kappa shape index (κ1) is 14.0. The van der Waals surface area contributed by atoms with Crippen LogP contribution in [0.5, 0.6) is 0 Å². The third-order valence-electron chi connectivity index (χ3n) is 3.20. The lowest BCUT2D eigenvalue weighted by Gasteiger charge is -2.16. The van der Waals surface area contributed by atoms with Crippen LogP contribution in [0.3, 0.4) is 0 Å². The Morgan fingerprint density at radius 1 is 1.47 bits per heavy atom. The highest BCUT2D eigenvalue weighted by atomic mass is 35.5. The van der Waals surface area contributed by atoms with E-state index in [0.717, 1.165) is 22.5 Å². The van der Waals surface area contributed by atoms with Crippen LogP contribution in [-0.4, -0.2) is 14.8 Å². The second-order valence-electron chi connectivity index (χ2n) is 4.63. The van der Waals surface area contributed by atoms with Crippen molar-refractivity contribution in [3.63, 3.8) is 0 Å². The summed E-state index contributed by atoms with van der Waals surface area (Å²) in [5.74, 6) is 5.67. The van der Waals surface area contributed by atoms with E-state index in [4.69, 9.17) is 17.4 Å². The van der Waals surface area contributed by atoms with E-state index in [2.05, 4.69) is 15.5 Å². The van der Waals surface area contributed by atoms with Gasteiger partial charge in [0.25, 0.3) is 0 Å². The van der Waals surface area contributed by atoms with Gasteiger partial charge in [0.2, 0.25) is 0 Å². The molecule has 2 heterocycles. The number of pyridine rings is 1. The maximum atomic E-state index is 6.25. The molecule has 3 N–H and O–H groups in total. The minimum atomic E-state index is -0.0119. The fourth-order valence-electron chi connectivity index (χ4n) is 2.17. The van der Waals surface area contributed by atoms with Crippen molar-refractivity contribution in [2.45, 2.75) is 26.3 Å². The summed E-state index contributed by atoms with van der Waals surface area (Å²) in [4.78, 5) is 4.19. The molecule has 102 valence electrons. The van der Waals surface area contributed by atoms with Crippen LogP contribution in [0.4, 0.5) is 0 Å². The number of hydrogen-bond donors (Lipinski definition) is 2. The Morgan fingerprint density at radius 2 is 2.21 bits per heavy atom. The van der Waals surface area contributed by atoms with Crippen molar-refractivity contribution in [2.24, 2.45) is 12.9 Å². The molecule has 0 spiro atoms. The van der Waals surface area contributed by atoms with Gasteiger partial charge in [0.05, 0.1) is 11.7 Å². The summed E-state index contributed by atoms with van der Waals surface area (Å²) in [7, 11) is 1.83. The predicted molar refractivity (Wildman–Crippen MR) is 75.7 cm³/mol. The molecule has 5 nitrogen and oxygen atoms in total. The normalized spacial score (nSPS) is 12.7. The summed E-state index contributed by atoms with van der Waals surface area (Å²) < 4.78 is 1.68. The molecule has 0 radical (unpaired) electrons. The van der Waals surface area contributed by atoms with Crippen molar-refractivity contribution < 1.29 is 0 Å². The number of halogens is 1.